The second kappa shape index (κ2) is 6.53. The Morgan fingerprint density at radius 1 is 1.43 bits per heavy atom. The molecule has 0 saturated carbocycles. The molecular formula is C15H17F2N3O. The summed E-state index contributed by atoms with van der Waals surface area (Å²) >= 11 is 0. The van der Waals surface area contributed by atoms with Crippen LogP contribution in [0.2, 0.25) is 0 Å². The number of hydrogen-bond acceptors (Lipinski definition) is 3. The van der Waals surface area contributed by atoms with Crippen molar-refractivity contribution in [2.24, 2.45) is 5.92 Å². The Balaban J connectivity index is 1.94. The number of benzene rings is 1. The van der Waals surface area contributed by atoms with Crippen molar-refractivity contribution >= 4 is 11.6 Å². The number of nitrogens with one attached hydrogen (secondary N) is 1. The maximum atomic E-state index is 13.7. The Hall–Kier alpha value is -2.16. The lowest BCUT2D eigenvalue weighted by atomic mass is 10.1. The SMILES string of the molecule is CC(CNc1c(F)cc(C#N)cc1F)CN1CCCC1=O. The van der Waals surface area contributed by atoms with E-state index in [1.165, 1.54) is 0 Å². The van der Waals surface area contributed by atoms with Gasteiger partial charge in [-0.15, -0.1) is 0 Å². The Labute approximate surface area is 122 Å². The van der Waals surface area contributed by atoms with E-state index >= 15 is 0 Å². The summed E-state index contributed by atoms with van der Waals surface area (Å²) in [6.07, 6.45) is 1.46. The normalized spacial score (nSPS) is 15.9. The predicted octanol–water partition coefficient (Wildman–Crippen LogP) is 2.51. The summed E-state index contributed by atoms with van der Waals surface area (Å²) in [7, 11) is 0. The van der Waals surface area contributed by atoms with E-state index < -0.39 is 11.6 Å². The fraction of sp³-hybridized carbons (Fsp3) is 0.467. The van der Waals surface area contributed by atoms with Gasteiger partial charge in [-0.05, 0) is 24.5 Å². The molecule has 1 atom stereocenters. The number of carbonyl (C=O) groups excluding carboxylic acids is 1. The molecule has 1 saturated heterocycles. The summed E-state index contributed by atoms with van der Waals surface area (Å²) < 4.78 is 27.4. The van der Waals surface area contributed by atoms with Crippen molar-refractivity contribution in [2.75, 3.05) is 25.0 Å². The largest absolute Gasteiger partial charge is 0.380 e. The van der Waals surface area contributed by atoms with Crippen LogP contribution in [0, 0.1) is 28.9 Å². The van der Waals surface area contributed by atoms with Crippen LogP contribution in [-0.2, 0) is 4.79 Å². The van der Waals surface area contributed by atoms with E-state index in [0.29, 0.717) is 19.5 Å². The molecule has 2 rings (SSSR count). The zero-order valence-electron chi connectivity index (χ0n) is 11.8. The minimum Gasteiger partial charge on any atom is -0.380 e. The molecule has 0 aliphatic carbocycles. The van der Waals surface area contributed by atoms with Gasteiger partial charge in [0.15, 0.2) is 11.6 Å². The minimum atomic E-state index is -0.781. The fourth-order valence-corrected chi connectivity index (χ4v) is 2.42. The van der Waals surface area contributed by atoms with Crippen molar-refractivity contribution in [1.29, 1.82) is 5.26 Å². The van der Waals surface area contributed by atoms with E-state index in [4.69, 9.17) is 5.26 Å². The predicted molar refractivity (Wildman–Crippen MR) is 74.5 cm³/mol. The van der Waals surface area contributed by atoms with E-state index in [1.54, 1.807) is 11.0 Å². The first kappa shape index (κ1) is 15.2. The number of nitriles is 1. The molecule has 4 nitrogen and oxygen atoms in total. The monoisotopic (exact) mass is 293 g/mol. The van der Waals surface area contributed by atoms with Crippen LogP contribution in [0.15, 0.2) is 12.1 Å². The van der Waals surface area contributed by atoms with Crippen molar-refractivity contribution in [2.45, 2.75) is 19.8 Å². The highest BCUT2D eigenvalue weighted by molar-refractivity contribution is 5.78. The molecule has 1 aromatic rings. The highest BCUT2D eigenvalue weighted by Gasteiger charge is 2.22. The first-order valence-electron chi connectivity index (χ1n) is 6.92. The Morgan fingerprint density at radius 2 is 2.10 bits per heavy atom. The quantitative estimate of drug-likeness (QED) is 0.907. The number of hydrogen-bond donors (Lipinski definition) is 1. The van der Waals surface area contributed by atoms with Gasteiger partial charge in [-0.25, -0.2) is 8.78 Å². The van der Waals surface area contributed by atoms with Gasteiger partial charge in [0.05, 0.1) is 11.6 Å². The Morgan fingerprint density at radius 3 is 2.62 bits per heavy atom. The van der Waals surface area contributed by atoms with Crippen molar-refractivity contribution in [3.8, 4) is 6.07 Å². The first-order chi connectivity index (χ1) is 10.0. The molecule has 21 heavy (non-hydrogen) atoms. The number of rotatable bonds is 5. The van der Waals surface area contributed by atoms with Crippen LogP contribution in [0.25, 0.3) is 0 Å². The van der Waals surface area contributed by atoms with Crippen LogP contribution in [0.3, 0.4) is 0 Å². The number of carbonyl (C=O) groups is 1. The zero-order valence-corrected chi connectivity index (χ0v) is 11.8. The molecule has 1 N–H and O–H groups in total. The molecule has 1 unspecified atom stereocenters. The van der Waals surface area contributed by atoms with Gasteiger partial charge >= 0.3 is 0 Å². The van der Waals surface area contributed by atoms with Crippen molar-refractivity contribution in [3.63, 3.8) is 0 Å². The lowest BCUT2D eigenvalue weighted by molar-refractivity contribution is -0.128. The molecule has 1 amide bonds. The number of likely N-dealkylation sites (tertiary alicyclic amines) is 1. The average molecular weight is 293 g/mol. The van der Waals surface area contributed by atoms with Crippen LogP contribution in [-0.4, -0.2) is 30.4 Å². The number of nitrogens with zero attached hydrogens (tertiary/aromatic N) is 2. The molecular weight excluding hydrogens is 276 g/mol. The second-order valence-corrected chi connectivity index (χ2v) is 5.36. The molecule has 6 heteroatoms. The summed E-state index contributed by atoms with van der Waals surface area (Å²) in [5, 5.41) is 11.4. The molecule has 112 valence electrons. The Kier molecular flexibility index (Phi) is 4.73. The van der Waals surface area contributed by atoms with Gasteiger partial charge < -0.3 is 10.2 Å². The standard InChI is InChI=1S/C15H17F2N3O/c1-10(9-20-4-2-3-14(20)21)8-19-15-12(16)5-11(7-18)6-13(15)17/h5-6,10,19H,2-4,8-9H2,1H3. The van der Waals surface area contributed by atoms with Gasteiger partial charge in [0.1, 0.15) is 5.69 Å². The van der Waals surface area contributed by atoms with Gasteiger partial charge in [-0.3, -0.25) is 4.79 Å². The number of amides is 1. The van der Waals surface area contributed by atoms with Gasteiger partial charge in [0.2, 0.25) is 5.91 Å². The summed E-state index contributed by atoms with van der Waals surface area (Å²) in [4.78, 5) is 13.3. The smallest absolute Gasteiger partial charge is 0.222 e. The maximum Gasteiger partial charge on any atom is 0.222 e. The topological polar surface area (TPSA) is 56.1 Å². The molecule has 0 radical (unpaired) electrons. The van der Waals surface area contributed by atoms with E-state index in [1.807, 2.05) is 6.92 Å². The first-order valence-corrected chi connectivity index (χ1v) is 6.92. The third kappa shape index (κ3) is 3.69. The second-order valence-electron chi connectivity index (χ2n) is 5.36. The van der Waals surface area contributed by atoms with Gasteiger partial charge in [-0.2, -0.15) is 5.26 Å². The van der Waals surface area contributed by atoms with Gasteiger partial charge in [-0.1, -0.05) is 6.92 Å². The highest BCUT2D eigenvalue weighted by Crippen LogP contribution is 2.21. The van der Waals surface area contributed by atoms with Crippen LogP contribution < -0.4 is 5.32 Å². The van der Waals surface area contributed by atoms with Crippen molar-refractivity contribution in [1.82, 2.24) is 4.90 Å². The lowest BCUT2D eigenvalue weighted by Crippen LogP contribution is -2.32. The summed E-state index contributed by atoms with van der Waals surface area (Å²) in [5.74, 6) is -1.36. The number of halogens is 2. The van der Waals surface area contributed by atoms with E-state index in [9.17, 15) is 13.6 Å². The van der Waals surface area contributed by atoms with E-state index in [0.717, 1.165) is 25.1 Å². The highest BCUT2D eigenvalue weighted by atomic mass is 19.1. The Bertz CT molecular complexity index is 560. The third-order valence-electron chi connectivity index (χ3n) is 3.50. The summed E-state index contributed by atoms with van der Waals surface area (Å²) in [6, 6.07) is 3.70. The van der Waals surface area contributed by atoms with E-state index in [2.05, 4.69) is 5.32 Å². The average Bonchev–Trinajstić information content (AvgIpc) is 2.83. The van der Waals surface area contributed by atoms with Crippen molar-refractivity contribution < 1.29 is 13.6 Å². The van der Waals surface area contributed by atoms with Gasteiger partial charge in [0.25, 0.3) is 0 Å². The minimum absolute atomic E-state index is 0.0498. The zero-order chi connectivity index (χ0) is 15.4. The lowest BCUT2D eigenvalue weighted by Gasteiger charge is -2.21. The molecule has 0 aromatic heterocycles. The van der Waals surface area contributed by atoms with Gasteiger partial charge in [0, 0.05) is 26.1 Å². The molecule has 1 aromatic carbocycles. The number of anilines is 1. The van der Waals surface area contributed by atoms with E-state index in [-0.39, 0.29) is 23.1 Å². The molecule has 0 spiro atoms. The molecule has 1 aliphatic rings. The van der Waals surface area contributed by atoms with Crippen LogP contribution >= 0.6 is 0 Å². The molecule has 1 heterocycles. The fourth-order valence-electron chi connectivity index (χ4n) is 2.42. The molecule has 1 aliphatic heterocycles. The van der Waals surface area contributed by atoms with Crippen molar-refractivity contribution in [3.05, 3.63) is 29.3 Å². The molecule has 0 bridgehead atoms. The molecule has 1 fully saturated rings. The summed E-state index contributed by atoms with van der Waals surface area (Å²) in [6.45, 7) is 3.59. The third-order valence-corrected chi connectivity index (χ3v) is 3.50. The summed E-state index contributed by atoms with van der Waals surface area (Å²) in [5.41, 5.74) is -0.278. The van der Waals surface area contributed by atoms with Crippen LogP contribution in [0.4, 0.5) is 14.5 Å². The maximum absolute atomic E-state index is 13.7. The van der Waals surface area contributed by atoms with Crippen LogP contribution in [0.1, 0.15) is 25.3 Å². The van der Waals surface area contributed by atoms with Crippen LogP contribution in [0.5, 0.6) is 0 Å².